The minimum Gasteiger partial charge on any atom is -0.351 e. The first-order valence-corrected chi connectivity index (χ1v) is 8.14. The number of rotatable bonds is 7. The van der Waals surface area contributed by atoms with Crippen LogP contribution in [0.3, 0.4) is 0 Å². The number of carbonyl (C=O) groups is 1. The summed E-state index contributed by atoms with van der Waals surface area (Å²) in [7, 11) is 1.41. The van der Waals surface area contributed by atoms with Crippen LogP contribution >= 0.6 is 0 Å². The molecule has 0 aliphatic carbocycles. The zero-order chi connectivity index (χ0) is 17.6. The van der Waals surface area contributed by atoms with Crippen LogP contribution < -0.4 is 10.6 Å². The van der Waals surface area contributed by atoms with Gasteiger partial charge in [0.25, 0.3) is 5.91 Å². The second-order valence-corrected chi connectivity index (χ2v) is 6.14. The molecule has 2 N–H and O–H groups in total. The lowest BCUT2D eigenvalue weighted by Crippen LogP contribution is -2.34. The third-order valence-electron chi connectivity index (χ3n) is 3.94. The van der Waals surface area contributed by atoms with Gasteiger partial charge < -0.3 is 10.6 Å². The van der Waals surface area contributed by atoms with Gasteiger partial charge in [-0.3, -0.25) is 14.4 Å². The second-order valence-electron chi connectivity index (χ2n) is 6.14. The Hall–Kier alpha value is -1.61. The highest BCUT2D eigenvalue weighted by Crippen LogP contribution is 2.16. The molecule has 1 atom stereocenters. The Kier molecular flexibility index (Phi) is 6.61. The van der Waals surface area contributed by atoms with E-state index in [1.54, 1.807) is 16.9 Å². The molecule has 1 aliphatic heterocycles. The lowest BCUT2D eigenvalue weighted by molar-refractivity contribution is -0.143. The first-order valence-electron chi connectivity index (χ1n) is 8.14. The predicted octanol–water partition coefficient (Wildman–Crippen LogP) is 1.42. The van der Waals surface area contributed by atoms with Gasteiger partial charge >= 0.3 is 6.18 Å². The van der Waals surface area contributed by atoms with E-state index in [1.807, 2.05) is 0 Å². The molecular formula is C15H24F3N5O. The largest absolute Gasteiger partial charge is 0.401 e. The molecule has 0 saturated carbocycles. The van der Waals surface area contributed by atoms with E-state index in [2.05, 4.69) is 15.7 Å². The summed E-state index contributed by atoms with van der Waals surface area (Å²) in [5.41, 5.74) is 0.337. The van der Waals surface area contributed by atoms with Gasteiger partial charge in [-0.2, -0.15) is 18.3 Å². The number of carbonyl (C=O) groups excluding carboxylic acids is 1. The fourth-order valence-electron chi connectivity index (χ4n) is 2.75. The van der Waals surface area contributed by atoms with Crippen molar-refractivity contribution >= 4 is 5.91 Å². The molecule has 6 nitrogen and oxygen atoms in total. The molecule has 0 spiro atoms. The summed E-state index contributed by atoms with van der Waals surface area (Å²) in [5, 5.41) is 10.3. The molecule has 1 fully saturated rings. The smallest absolute Gasteiger partial charge is 0.351 e. The number of halogens is 3. The molecule has 0 radical (unpaired) electrons. The van der Waals surface area contributed by atoms with Crippen LogP contribution in [0.15, 0.2) is 12.3 Å². The molecule has 1 saturated heterocycles. The van der Waals surface area contributed by atoms with Crippen molar-refractivity contribution in [1.82, 2.24) is 25.3 Å². The van der Waals surface area contributed by atoms with E-state index in [1.165, 1.54) is 11.9 Å². The third-order valence-corrected chi connectivity index (χ3v) is 3.94. The van der Waals surface area contributed by atoms with Crippen molar-refractivity contribution < 1.29 is 18.0 Å². The van der Waals surface area contributed by atoms with Crippen LogP contribution in [0.5, 0.6) is 0 Å². The Bertz CT molecular complexity index is 525. The Morgan fingerprint density at radius 3 is 3.00 bits per heavy atom. The van der Waals surface area contributed by atoms with E-state index >= 15 is 0 Å². The quantitative estimate of drug-likeness (QED) is 0.733. The topological polar surface area (TPSA) is 62.2 Å². The molecule has 0 bridgehead atoms. The van der Waals surface area contributed by atoms with Gasteiger partial charge in [0, 0.05) is 19.3 Å². The molecule has 1 unspecified atom stereocenters. The molecule has 2 rings (SSSR count). The Labute approximate surface area is 139 Å². The van der Waals surface area contributed by atoms with E-state index in [4.69, 9.17) is 0 Å². The number of piperidine rings is 1. The third kappa shape index (κ3) is 6.12. The molecule has 1 aromatic rings. The summed E-state index contributed by atoms with van der Waals surface area (Å²) >= 11 is 0. The molecule has 0 aromatic carbocycles. The van der Waals surface area contributed by atoms with E-state index < -0.39 is 12.7 Å². The second kappa shape index (κ2) is 8.48. The maximum absolute atomic E-state index is 12.2. The zero-order valence-electron chi connectivity index (χ0n) is 13.8. The average Bonchev–Trinajstić information content (AvgIpc) is 3.00. The number of hydrogen-bond acceptors (Lipinski definition) is 4. The van der Waals surface area contributed by atoms with Crippen molar-refractivity contribution in [2.24, 2.45) is 0 Å². The summed E-state index contributed by atoms with van der Waals surface area (Å²) < 4.78 is 38.4. The molecule has 1 amide bonds. The summed E-state index contributed by atoms with van der Waals surface area (Å²) in [6.45, 7) is 1.49. The molecule has 1 aliphatic rings. The van der Waals surface area contributed by atoms with Gasteiger partial charge in [-0.05, 0) is 45.5 Å². The van der Waals surface area contributed by atoms with E-state index in [0.29, 0.717) is 18.7 Å². The average molecular weight is 347 g/mol. The number of alkyl halides is 3. The fraction of sp³-hybridized carbons (Fsp3) is 0.733. The summed E-state index contributed by atoms with van der Waals surface area (Å²) in [6.07, 6.45) is 0.160. The number of amides is 1. The van der Waals surface area contributed by atoms with Crippen molar-refractivity contribution in [3.8, 4) is 0 Å². The standard InChI is InChI=1S/C15H24F3N5O/c1-22(11-15(16,17)18)8-3-7-20-14(24)13-5-9-23(21-13)12-4-2-6-19-10-12/h5,9,12,19H,2-4,6-8,10-11H2,1H3,(H,20,24). The highest BCUT2D eigenvalue weighted by Gasteiger charge is 2.28. The lowest BCUT2D eigenvalue weighted by atomic mass is 10.1. The van der Waals surface area contributed by atoms with Gasteiger partial charge in [-0.15, -0.1) is 0 Å². The molecule has 2 heterocycles. The minimum atomic E-state index is -4.20. The van der Waals surface area contributed by atoms with Crippen molar-refractivity contribution in [2.75, 3.05) is 39.8 Å². The Morgan fingerprint density at radius 1 is 1.54 bits per heavy atom. The Morgan fingerprint density at radius 2 is 2.33 bits per heavy atom. The van der Waals surface area contributed by atoms with Gasteiger partial charge in [0.2, 0.25) is 0 Å². The predicted molar refractivity (Wildman–Crippen MR) is 83.9 cm³/mol. The monoisotopic (exact) mass is 347 g/mol. The fourth-order valence-corrected chi connectivity index (χ4v) is 2.75. The summed E-state index contributed by atoms with van der Waals surface area (Å²) in [5.74, 6) is -0.295. The van der Waals surface area contributed by atoms with Crippen LogP contribution in [-0.4, -0.2) is 66.5 Å². The first-order chi connectivity index (χ1) is 11.3. The maximum Gasteiger partial charge on any atom is 0.401 e. The molecular weight excluding hydrogens is 323 g/mol. The van der Waals surface area contributed by atoms with Gasteiger partial charge in [-0.1, -0.05) is 0 Å². The normalized spacial score (nSPS) is 18.8. The van der Waals surface area contributed by atoms with Crippen LogP contribution in [0, 0.1) is 0 Å². The first kappa shape index (κ1) is 18.7. The van der Waals surface area contributed by atoms with E-state index in [0.717, 1.165) is 25.9 Å². The van der Waals surface area contributed by atoms with Crippen molar-refractivity contribution in [3.63, 3.8) is 0 Å². The number of hydrogen-bond donors (Lipinski definition) is 2. The van der Waals surface area contributed by atoms with Crippen LogP contribution in [0.1, 0.15) is 35.8 Å². The number of nitrogens with zero attached hydrogens (tertiary/aromatic N) is 3. The summed E-state index contributed by atoms with van der Waals surface area (Å²) in [6, 6.07) is 1.93. The van der Waals surface area contributed by atoms with Crippen molar-refractivity contribution in [3.05, 3.63) is 18.0 Å². The van der Waals surface area contributed by atoms with Crippen LogP contribution in [0.2, 0.25) is 0 Å². The highest BCUT2D eigenvalue weighted by molar-refractivity contribution is 5.92. The molecule has 24 heavy (non-hydrogen) atoms. The molecule has 1 aromatic heterocycles. The van der Waals surface area contributed by atoms with Gasteiger partial charge in [-0.25, -0.2) is 0 Å². The van der Waals surface area contributed by atoms with Gasteiger partial charge in [0.15, 0.2) is 0 Å². The molecule has 9 heteroatoms. The SMILES string of the molecule is CN(CCCNC(=O)c1ccn(C2CCCNC2)n1)CC(F)(F)F. The van der Waals surface area contributed by atoms with Gasteiger partial charge in [0.1, 0.15) is 5.69 Å². The lowest BCUT2D eigenvalue weighted by Gasteiger charge is -2.22. The maximum atomic E-state index is 12.2. The van der Waals surface area contributed by atoms with Gasteiger partial charge in [0.05, 0.1) is 12.6 Å². The van der Waals surface area contributed by atoms with E-state index in [-0.39, 0.29) is 18.5 Å². The van der Waals surface area contributed by atoms with Crippen LogP contribution in [0.4, 0.5) is 13.2 Å². The van der Waals surface area contributed by atoms with Crippen molar-refractivity contribution in [2.45, 2.75) is 31.5 Å². The number of aromatic nitrogens is 2. The Balaban J connectivity index is 1.70. The van der Waals surface area contributed by atoms with Crippen molar-refractivity contribution in [1.29, 1.82) is 0 Å². The van der Waals surface area contributed by atoms with E-state index in [9.17, 15) is 18.0 Å². The van der Waals surface area contributed by atoms with Crippen LogP contribution in [0.25, 0.3) is 0 Å². The van der Waals surface area contributed by atoms with Crippen LogP contribution in [-0.2, 0) is 0 Å². The summed E-state index contributed by atoms with van der Waals surface area (Å²) in [4.78, 5) is 13.2. The highest BCUT2D eigenvalue weighted by atomic mass is 19.4. The molecule has 136 valence electrons. The number of nitrogens with one attached hydrogen (secondary N) is 2. The minimum absolute atomic E-state index is 0.260. The zero-order valence-corrected chi connectivity index (χ0v) is 13.8.